The number of pyridine rings is 1. The minimum atomic E-state index is -0.174. The van der Waals surface area contributed by atoms with E-state index in [1.165, 1.54) is 0 Å². The van der Waals surface area contributed by atoms with Crippen molar-refractivity contribution in [3.63, 3.8) is 0 Å². The third-order valence-corrected chi connectivity index (χ3v) is 2.87. The number of nitrogen functional groups attached to an aromatic ring is 1. The first kappa shape index (κ1) is 13.0. The number of nitrogens with one attached hydrogen (secondary N) is 1. The van der Waals surface area contributed by atoms with Crippen LogP contribution in [0.25, 0.3) is 0 Å². The summed E-state index contributed by atoms with van der Waals surface area (Å²) in [5.41, 5.74) is 6.05. The lowest BCUT2D eigenvalue weighted by molar-refractivity contribution is 0.0948. The molecule has 0 saturated carbocycles. The van der Waals surface area contributed by atoms with Crippen LogP contribution >= 0.6 is 15.9 Å². The number of nitrogens with two attached hydrogens (primary N) is 1. The fourth-order valence-electron chi connectivity index (χ4n) is 1.14. The molecule has 3 N–H and O–H groups in total. The van der Waals surface area contributed by atoms with Gasteiger partial charge in [0.2, 0.25) is 0 Å². The Bertz CT molecular complexity index is 381. The van der Waals surface area contributed by atoms with Crippen LogP contribution in [-0.2, 0) is 0 Å². The zero-order valence-electron chi connectivity index (χ0n) is 9.46. The molecule has 1 unspecified atom stereocenters. The van der Waals surface area contributed by atoms with Crippen molar-refractivity contribution in [1.29, 1.82) is 0 Å². The summed E-state index contributed by atoms with van der Waals surface area (Å²) < 4.78 is 0.746. The highest BCUT2D eigenvalue weighted by Crippen LogP contribution is 2.15. The monoisotopic (exact) mass is 285 g/mol. The normalized spacial score (nSPS) is 12.2. The Morgan fingerprint density at radius 2 is 2.38 bits per heavy atom. The number of aromatic nitrogens is 1. The van der Waals surface area contributed by atoms with Gasteiger partial charge in [-0.15, -0.1) is 0 Å². The molecule has 0 aliphatic carbocycles. The third kappa shape index (κ3) is 3.48. The fraction of sp³-hybridized carbons (Fsp3) is 0.455. The van der Waals surface area contributed by atoms with Gasteiger partial charge < -0.3 is 11.1 Å². The van der Waals surface area contributed by atoms with Gasteiger partial charge >= 0.3 is 0 Å². The van der Waals surface area contributed by atoms with Gasteiger partial charge in [-0.1, -0.05) is 20.3 Å². The second-order valence-corrected chi connectivity index (χ2v) is 4.73. The molecule has 0 spiro atoms. The van der Waals surface area contributed by atoms with Gasteiger partial charge in [0.15, 0.2) is 0 Å². The van der Waals surface area contributed by atoms with Crippen LogP contribution in [0.15, 0.2) is 16.7 Å². The predicted octanol–water partition coefficient (Wildman–Crippen LogP) is 2.20. The van der Waals surface area contributed by atoms with Crippen LogP contribution in [0, 0.1) is 5.92 Å². The second kappa shape index (κ2) is 5.84. The molecule has 0 saturated heterocycles. The van der Waals surface area contributed by atoms with Crippen LogP contribution < -0.4 is 11.1 Å². The molecule has 5 heteroatoms. The average molecular weight is 286 g/mol. The van der Waals surface area contributed by atoms with Crippen molar-refractivity contribution in [2.75, 3.05) is 12.3 Å². The zero-order valence-corrected chi connectivity index (χ0v) is 11.0. The van der Waals surface area contributed by atoms with E-state index >= 15 is 0 Å². The maximum absolute atomic E-state index is 11.8. The minimum Gasteiger partial charge on any atom is -0.383 e. The van der Waals surface area contributed by atoms with E-state index in [1.807, 2.05) is 0 Å². The number of carbonyl (C=O) groups excluding carboxylic acids is 1. The molecule has 4 nitrogen and oxygen atoms in total. The number of amides is 1. The van der Waals surface area contributed by atoms with E-state index in [-0.39, 0.29) is 11.7 Å². The Hall–Kier alpha value is -1.10. The first-order valence-electron chi connectivity index (χ1n) is 5.23. The largest absolute Gasteiger partial charge is 0.383 e. The summed E-state index contributed by atoms with van der Waals surface area (Å²) in [6.45, 7) is 4.83. The van der Waals surface area contributed by atoms with Crippen molar-refractivity contribution in [3.05, 3.63) is 22.3 Å². The molecule has 1 aromatic rings. The fourth-order valence-corrected chi connectivity index (χ4v) is 1.47. The summed E-state index contributed by atoms with van der Waals surface area (Å²) in [7, 11) is 0. The molecule has 0 bridgehead atoms. The number of hydrogen-bond acceptors (Lipinski definition) is 3. The van der Waals surface area contributed by atoms with Crippen molar-refractivity contribution < 1.29 is 4.79 Å². The van der Waals surface area contributed by atoms with E-state index in [0.717, 1.165) is 10.9 Å². The Kier molecular flexibility index (Phi) is 4.73. The smallest absolute Gasteiger partial charge is 0.255 e. The summed E-state index contributed by atoms with van der Waals surface area (Å²) in [4.78, 5) is 15.7. The summed E-state index contributed by atoms with van der Waals surface area (Å²) in [6.07, 6.45) is 2.60. The number of nitrogens with zero attached hydrogens (tertiary/aromatic N) is 1. The summed E-state index contributed by atoms with van der Waals surface area (Å²) in [5.74, 6) is 0.543. The maximum atomic E-state index is 11.8. The molecule has 1 aromatic heterocycles. The minimum absolute atomic E-state index is 0.174. The Morgan fingerprint density at radius 3 is 3.00 bits per heavy atom. The Balaban J connectivity index is 2.69. The summed E-state index contributed by atoms with van der Waals surface area (Å²) >= 11 is 3.26. The van der Waals surface area contributed by atoms with E-state index < -0.39 is 0 Å². The van der Waals surface area contributed by atoms with Gasteiger partial charge in [-0.2, -0.15) is 0 Å². The molecule has 1 amide bonds. The van der Waals surface area contributed by atoms with E-state index in [1.54, 1.807) is 12.3 Å². The summed E-state index contributed by atoms with van der Waals surface area (Å²) in [6, 6.07) is 1.67. The molecular weight excluding hydrogens is 270 g/mol. The highest BCUT2D eigenvalue weighted by molar-refractivity contribution is 9.10. The molecule has 0 fully saturated rings. The highest BCUT2D eigenvalue weighted by Gasteiger charge is 2.11. The van der Waals surface area contributed by atoms with Crippen molar-refractivity contribution in [2.45, 2.75) is 20.3 Å². The number of carbonyl (C=O) groups is 1. The lowest BCUT2D eigenvalue weighted by Gasteiger charge is -2.11. The molecule has 0 radical (unpaired) electrons. The molecule has 0 aliphatic rings. The van der Waals surface area contributed by atoms with Crippen LogP contribution in [0.5, 0.6) is 0 Å². The van der Waals surface area contributed by atoms with Gasteiger partial charge in [0.05, 0.1) is 5.56 Å². The average Bonchev–Trinajstić information content (AvgIpc) is 2.28. The quantitative estimate of drug-likeness (QED) is 0.891. The number of hydrogen-bond donors (Lipinski definition) is 2. The van der Waals surface area contributed by atoms with Gasteiger partial charge in [-0.05, 0) is 27.9 Å². The zero-order chi connectivity index (χ0) is 12.1. The van der Waals surface area contributed by atoms with Gasteiger partial charge in [0, 0.05) is 17.2 Å². The topological polar surface area (TPSA) is 68.0 Å². The number of rotatable bonds is 4. The van der Waals surface area contributed by atoms with Crippen LogP contribution in [0.4, 0.5) is 5.82 Å². The molecule has 16 heavy (non-hydrogen) atoms. The van der Waals surface area contributed by atoms with E-state index in [0.29, 0.717) is 18.0 Å². The second-order valence-electron chi connectivity index (χ2n) is 3.81. The van der Waals surface area contributed by atoms with Crippen molar-refractivity contribution in [1.82, 2.24) is 10.3 Å². The van der Waals surface area contributed by atoms with Crippen molar-refractivity contribution in [3.8, 4) is 0 Å². The van der Waals surface area contributed by atoms with E-state index in [2.05, 4.69) is 40.1 Å². The third-order valence-electron chi connectivity index (χ3n) is 2.44. The Labute approximate surface area is 104 Å². The van der Waals surface area contributed by atoms with Gasteiger partial charge in [0.1, 0.15) is 5.82 Å². The van der Waals surface area contributed by atoms with Crippen LogP contribution in [0.3, 0.4) is 0 Å². The first-order valence-corrected chi connectivity index (χ1v) is 6.03. The lowest BCUT2D eigenvalue weighted by atomic mass is 10.1. The molecule has 88 valence electrons. The maximum Gasteiger partial charge on any atom is 0.255 e. The van der Waals surface area contributed by atoms with Gasteiger partial charge in [-0.3, -0.25) is 4.79 Å². The highest BCUT2D eigenvalue weighted by atomic mass is 79.9. The van der Waals surface area contributed by atoms with Crippen molar-refractivity contribution in [2.24, 2.45) is 5.92 Å². The predicted molar refractivity (Wildman–Crippen MR) is 68.1 cm³/mol. The molecule has 1 heterocycles. The van der Waals surface area contributed by atoms with E-state index in [9.17, 15) is 4.79 Å². The summed E-state index contributed by atoms with van der Waals surface area (Å²) in [5, 5.41) is 2.84. The molecule has 0 aliphatic heterocycles. The molecular formula is C11H16BrN3O. The number of halogens is 1. The van der Waals surface area contributed by atoms with Crippen LogP contribution in [0.1, 0.15) is 30.6 Å². The van der Waals surface area contributed by atoms with Crippen LogP contribution in [0.2, 0.25) is 0 Å². The van der Waals surface area contributed by atoms with Gasteiger partial charge in [0.25, 0.3) is 5.91 Å². The van der Waals surface area contributed by atoms with Gasteiger partial charge in [-0.25, -0.2) is 4.98 Å². The lowest BCUT2D eigenvalue weighted by Crippen LogP contribution is -2.28. The van der Waals surface area contributed by atoms with Crippen LogP contribution in [-0.4, -0.2) is 17.4 Å². The standard InChI is InChI=1S/C11H16BrN3O/c1-3-7(2)5-15-11(16)9-4-8(12)6-14-10(9)13/h4,6-7H,3,5H2,1-2H3,(H2,13,14)(H,15,16). The SMILES string of the molecule is CCC(C)CNC(=O)c1cc(Br)cnc1N. The molecule has 1 atom stereocenters. The molecule has 0 aromatic carbocycles. The Morgan fingerprint density at radius 1 is 1.69 bits per heavy atom. The number of anilines is 1. The molecule has 1 rings (SSSR count). The van der Waals surface area contributed by atoms with Crippen molar-refractivity contribution >= 4 is 27.7 Å². The first-order chi connectivity index (χ1) is 7.54. The van der Waals surface area contributed by atoms with E-state index in [4.69, 9.17) is 5.73 Å².